The maximum absolute atomic E-state index is 11.1. The summed E-state index contributed by atoms with van der Waals surface area (Å²) in [5.41, 5.74) is 1.13. The average molecular weight is 206 g/mol. The van der Waals surface area contributed by atoms with Crippen molar-refractivity contribution in [2.24, 2.45) is 5.92 Å². The van der Waals surface area contributed by atoms with Gasteiger partial charge in [0.25, 0.3) is 0 Å². The fourth-order valence-electron chi connectivity index (χ4n) is 2.14. The molecule has 2 rings (SSSR count). The van der Waals surface area contributed by atoms with Crippen LogP contribution < -0.4 is 0 Å². The number of hydrogen-bond donors (Lipinski definition) is 0. The van der Waals surface area contributed by atoms with Gasteiger partial charge in [-0.1, -0.05) is 0 Å². The van der Waals surface area contributed by atoms with Crippen LogP contribution in [0.1, 0.15) is 44.8 Å². The lowest BCUT2D eigenvalue weighted by Gasteiger charge is -2.06. The molecule has 82 valence electrons. The summed E-state index contributed by atoms with van der Waals surface area (Å²) in [7, 11) is 0. The van der Waals surface area contributed by atoms with Crippen molar-refractivity contribution in [1.82, 2.24) is 9.78 Å². The van der Waals surface area contributed by atoms with Crippen LogP contribution in [0.2, 0.25) is 0 Å². The molecule has 1 heterocycles. The molecule has 0 spiro atoms. The van der Waals surface area contributed by atoms with Crippen LogP contribution in [0, 0.1) is 5.92 Å². The largest absolute Gasteiger partial charge is 0.300 e. The van der Waals surface area contributed by atoms with E-state index in [0.29, 0.717) is 17.7 Å². The lowest BCUT2D eigenvalue weighted by molar-refractivity contribution is -0.117. The van der Waals surface area contributed by atoms with E-state index in [1.165, 1.54) is 0 Å². The fourth-order valence-corrected chi connectivity index (χ4v) is 2.14. The van der Waals surface area contributed by atoms with Crippen LogP contribution in [0.25, 0.3) is 0 Å². The Bertz CT molecular complexity index is 354. The molecule has 0 radical (unpaired) electrons. The number of hydrogen-bond acceptors (Lipinski definition) is 2. The van der Waals surface area contributed by atoms with Gasteiger partial charge in [-0.25, -0.2) is 0 Å². The lowest BCUT2D eigenvalue weighted by atomic mass is 10.0. The molecule has 1 aliphatic rings. The van der Waals surface area contributed by atoms with E-state index >= 15 is 0 Å². The van der Waals surface area contributed by atoms with Gasteiger partial charge < -0.3 is 0 Å². The smallest absolute Gasteiger partial charge is 0.133 e. The molecule has 15 heavy (non-hydrogen) atoms. The fraction of sp³-hybridized carbons (Fsp3) is 0.667. The van der Waals surface area contributed by atoms with Gasteiger partial charge in [0.1, 0.15) is 5.78 Å². The van der Waals surface area contributed by atoms with Crippen LogP contribution in [-0.4, -0.2) is 15.6 Å². The van der Waals surface area contributed by atoms with Gasteiger partial charge >= 0.3 is 0 Å². The molecule has 1 fully saturated rings. The van der Waals surface area contributed by atoms with Gasteiger partial charge in [0.15, 0.2) is 0 Å². The van der Waals surface area contributed by atoms with E-state index in [1.807, 2.05) is 10.9 Å². The topological polar surface area (TPSA) is 34.9 Å². The van der Waals surface area contributed by atoms with Crippen molar-refractivity contribution in [3.8, 4) is 0 Å². The molecular weight excluding hydrogens is 188 g/mol. The predicted molar refractivity (Wildman–Crippen MR) is 58.7 cm³/mol. The Morgan fingerprint density at radius 2 is 2.40 bits per heavy atom. The van der Waals surface area contributed by atoms with Crippen LogP contribution in [0.5, 0.6) is 0 Å². The first-order valence-electron chi connectivity index (χ1n) is 5.71. The molecule has 0 aromatic carbocycles. The maximum atomic E-state index is 11.1. The summed E-state index contributed by atoms with van der Waals surface area (Å²) in [4.78, 5) is 11.1. The third-order valence-corrected chi connectivity index (χ3v) is 3.04. The minimum Gasteiger partial charge on any atom is -0.300 e. The molecular formula is C12H18N2O. The van der Waals surface area contributed by atoms with E-state index < -0.39 is 0 Å². The lowest BCUT2D eigenvalue weighted by Crippen LogP contribution is -2.04. The molecule has 1 unspecified atom stereocenters. The maximum Gasteiger partial charge on any atom is 0.133 e. The number of Topliss-reactive ketones (excluding diaryl/α,β-unsaturated/α-hetero) is 1. The van der Waals surface area contributed by atoms with Crippen LogP contribution in [0.15, 0.2) is 12.3 Å². The van der Waals surface area contributed by atoms with Gasteiger partial charge in [-0.3, -0.25) is 9.48 Å². The van der Waals surface area contributed by atoms with Crippen molar-refractivity contribution >= 4 is 5.78 Å². The van der Waals surface area contributed by atoms with E-state index in [4.69, 9.17) is 0 Å². The quantitative estimate of drug-likeness (QED) is 0.761. The van der Waals surface area contributed by atoms with Gasteiger partial charge in [0, 0.05) is 25.1 Å². The number of aromatic nitrogens is 2. The molecule has 0 saturated heterocycles. The second-order valence-electron chi connectivity index (χ2n) is 4.73. The number of nitrogens with zero attached hydrogens (tertiary/aromatic N) is 2. The van der Waals surface area contributed by atoms with E-state index in [1.54, 1.807) is 0 Å². The van der Waals surface area contributed by atoms with Crippen molar-refractivity contribution in [1.29, 1.82) is 0 Å². The minimum absolute atomic E-state index is 0.420. The molecule has 3 heteroatoms. The molecule has 0 N–H and O–H groups in total. The zero-order chi connectivity index (χ0) is 10.8. The normalized spacial score (nSPS) is 21.5. The monoisotopic (exact) mass is 206 g/mol. The first-order chi connectivity index (χ1) is 7.15. The summed E-state index contributed by atoms with van der Waals surface area (Å²) in [5, 5.41) is 4.50. The van der Waals surface area contributed by atoms with Crippen molar-refractivity contribution in [3.63, 3.8) is 0 Å². The average Bonchev–Trinajstić information content (AvgIpc) is 2.76. The van der Waals surface area contributed by atoms with Crippen molar-refractivity contribution in [2.75, 3.05) is 0 Å². The highest BCUT2D eigenvalue weighted by Crippen LogP contribution is 2.25. The van der Waals surface area contributed by atoms with Gasteiger partial charge in [0.2, 0.25) is 0 Å². The Morgan fingerprint density at radius 3 is 2.93 bits per heavy atom. The summed E-state index contributed by atoms with van der Waals surface area (Å²) < 4.78 is 1.98. The highest BCUT2D eigenvalue weighted by Gasteiger charge is 2.22. The number of carbonyl (C=O) groups excluding carboxylic acids is 1. The Balaban J connectivity index is 1.96. The van der Waals surface area contributed by atoms with Crippen LogP contribution in [0.3, 0.4) is 0 Å². The van der Waals surface area contributed by atoms with Gasteiger partial charge in [-0.05, 0) is 38.7 Å². The Morgan fingerprint density at radius 1 is 1.60 bits per heavy atom. The van der Waals surface area contributed by atoms with Gasteiger partial charge in [-0.2, -0.15) is 5.10 Å². The molecule has 1 aromatic rings. The van der Waals surface area contributed by atoms with Crippen molar-refractivity contribution in [2.45, 2.75) is 45.6 Å². The molecule has 0 bridgehead atoms. The number of carbonyl (C=O) groups is 1. The first kappa shape index (κ1) is 10.4. The second-order valence-corrected chi connectivity index (χ2v) is 4.73. The number of rotatable bonds is 3. The zero-order valence-corrected chi connectivity index (χ0v) is 9.44. The Kier molecular flexibility index (Phi) is 2.89. The van der Waals surface area contributed by atoms with E-state index in [2.05, 4.69) is 25.0 Å². The van der Waals surface area contributed by atoms with E-state index in [0.717, 1.165) is 31.4 Å². The third-order valence-electron chi connectivity index (χ3n) is 3.04. The molecule has 1 saturated carbocycles. The Hall–Kier alpha value is -1.12. The first-order valence-corrected chi connectivity index (χ1v) is 5.71. The minimum atomic E-state index is 0.420. The van der Waals surface area contributed by atoms with Crippen LogP contribution in [-0.2, 0) is 11.2 Å². The van der Waals surface area contributed by atoms with E-state index in [-0.39, 0.29) is 0 Å². The van der Waals surface area contributed by atoms with Crippen LogP contribution in [0.4, 0.5) is 0 Å². The molecule has 1 aliphatic carbocycles. The SMILES string of the molecule is CC(C)n1ccc(CC2CCC(=O)C2)n1. The summed E-state index contributed by atoms with van der Waals surface area (Å²) in [6, 6.07) is 2.49. The molecule has 0 amide bonds. The zero-order valence-electron chi connectivity index (χ0n) is 9.44. The highest BCUT2D eigenvalue weighted by atomic mass is 16.1. The molecule has 1 aromatic heterocycles. The molecule has 1 atom stereocenters. The van der Waals surface area contributed by atoms with E-state index in [9.17, 15) is 4.79 Å². The van der Waals surface area contributed by atoms with Crippen molar-refractivity contribution < 1.29 is 4.79 Å². The van der Waals surface area contributed by atoms with Crippen molar-refractivity contribution in [3.05, 3.63) is 18.0 Å². The standard InChI is InChI=1S/C12H18N2O/c1-9(2)14-6-5-11(13-14)7-10-3-4-12(15)8-10/h5-6,9-10H,3-4,7-8H2,1-2H3. The predicted octanol–water partition coefficient (Wildman–Crippen LogP) is 2.38. The summed E-state index contributed by atoms with van der Waals surface area (Å²) >= 11 is 0. The highest BCUT2D eigenvalue weighted by molar-refractivity contribution is 5.80. The molecule has 0 aliphatic heterocycles. The van der Waals surface area contributed by atoms with Gasteiger partial charge in [0.05, 0.1) is 5.69 Å². The second kappa shape index (κ2) is 4.17. The summed E-state index contributed by atoms with van der Waals surface area (Å²) in [6.07, 6.45) is 5.57. The summed E-state index contributed by atoms with van der Waals surface area (Å²) in [5.74, 6) is 0.955. The van der Waals surface area contributed by atoms with Crippen LogP contribution >= 0.6 is 0 Å². The number of ketones is 1. The molecule has 3 nitrogen and oxygen atoms in total. The summed E-state index contributed by atoms with van der Waals surface area (Å²) in [6.45, 7) is 4.24. The Labute approximate surface area is 90.5 Å². The third kappa shape index (κ3) is 2.46. The van der Waals surface area contributed by atoms with Gasteiger partial charge in [-0.15, -0.1) is 0 Å².